The fourth-order valence-corrected chi connectivity index (χ4v) is 9.60. The zero-order valence-corrected chi connectivity index (χ0v) is 33.3. The number of aliphatic hydroxyl groups is 4. The van der Waals surface area contributed by atoms with E-state index in [1.54, 1.807) is 14.2 Å². The van der Waals surface area contributed by atoms with Crippen LogP contribution in [-0.4, -0.2) is 114 Å². The molecule has 0 aromatic carbocycles. The second kappa shape index (κ2) is 20.2. The highest BCUT2D eigenvalue weighted by Crippen LogP contribution is 2.40. The Hall–Kier alpha value is -0.880. The van der Waals surface area contributed by atoms with Gasteiger partial charge in [0, 0.05) is 45.1 Å². The van der Waals surface area contributed by atoms with Gasteiger partial charge in [-0.05, 0) is 114 Å². The Morgan fingerprint density at radius 2 is 1.63 bits per heavy atom. The predicted molar refractivity (Wildman–Crippen MR) is 202 cm³/mol. The molecule has 0 amide bonds. The Kier molecular flexibility index (Phi) is 16.9. The summed E-state index contributed by atoms with van der Waals surface area (Å²) >= 11 is 0. The number of piperidine rings is 1. The molecule has 2 saturated heterocycles. The minimum atomic E-state index is -1.29. The minimum absolute atomic E-state index is 0.0928. The van der Waals surface area contributed by atoms with E-state index in [4.69, 9.17) is 18.9 Å². The summed E-state index contributed by atoms with van der Waals surface area (Å²) in [6.45, 7) is 15.2. The van der Waals surface area contributed by atoms with Crippen LogP contribution in [0.5, 0.6) is 0 Å². The molecule has 4 rings (SSSR count). The van der Waals surface area contributed by atoms with E-state index in [1.807, 2.05) is 0 Å². The number of ether oxygens (including phenoxy) is 4. The van der Waals surface area contributed by atoms with Gasteiger partial charge in [0.25, 0.3) is 0 Å². The van der Waals surface area contributed by atoms with Gasteiger partial charge in [-0.15, -0.1) is 0 Å². The quantitative estimate of drug-likeness (QED) is 0.239. The molecule has 4 aliphatic rings. The summed E-state index contributed by atoms with van der Waals surface area (Å²) in [6, 6.07) is 0.203. The fourth-order valence-electron chi connectivity index (χ4n) is 9.60. The van der Waals surface area contributed by atoms with Crippen molar-refractivity contribution in [3.05, 3.63) is 23.3 Å². The molecule has 14 unspecified atom stereocenters. The molecule has 296 valence electrons. The van der Waals surface area contributed by atoms with Gasteiger partial charge in [0.15, 0.2) is 5.79 Å². The number of methoxy groups -OCH3 is 2. The van der Waals surface area contributed by atoms with Crippen LogP contribution in [0.1, 0.15) is 125 Å². The van der Waals surface area contributed by atoms with Gasteiger partial charge in [0.1, 0.15) is 6.10 Å². The topological polar surface area (TPSA) is 121 Å². The van der Waals surface area contributed by atoms with Crippen LogP contribution in [0.2, 0.25) is 0 Å². The van der Waals surface area contributed by atoms with E-state index in [-0.39, 0.29) is 48.2 Å². The van der Waals surface area contributed by atoms with Crippen molar-refractivity contribution in [3.63, 3.8) is 0 Å². The Bertz CT molecular complexity index is 1100. The zero-order valence-electron chi connectivity index (χ0n) is 33.3. The molecule has 0 aromatic heterocycles. The first kappa shape index (κ1) is 42.9. The molecule has 4 N–H and O–H groups in total. The van der Waals surface area contributed by atoms with Gasteiger partial charge in [-0.1, -0.05) is 51.8 Å². The monoisotopic (exact) mass is 722 g/mol. The molecule has 14 atom stereocenters. The van der Waals surface area contributed by atoms with Crippen LogP contribution in [0.3, 0.4) is 0 Å². The second-order valence-corrected chi connectivity index (χ2v) is 17.2. The maximum Gasteiger partial charge on any atom is 0.169 e. The van der Waals surface area contributed by atoms with E-state index >= 15 is 0 Å². The van der Waals surface area contributed by atoms with Crippen LogP contribution in [-0.2, 0) is 18.9 Å². The van der Waals surface area contributed by atoms with E-state index in [9.17, 15) is 20.4 Å². The van der Waals surface area contributed by atoms with Gasteiger partial charge >= 0.3 is 0 Å². The van der Waals surface area contributed by atoms with E-state index in [0.29, 0.717) is 57.1 Å². The average molecular weight is 722 g/mol. The normalized spacial score (nSPS) is 43.8. The molecule has 1 aliphatic carbocycles. The summed E-state index contributed by atoms with van der Waals surface area (Å²) in [5.74, 6) is -0.584. The maximum absolute atomic E-state index is 12.1. The van der Waals surface area contributed by atoms with E-state index in [0.717, 1.165) is 63.5 Å². The van der Waals surface area contributed by atoms with Crippen LogP contribution >= 0.6 is 0 Å². The third-order valence-corrected chi connectivity index (χ3v) is 13.0. The van der Waals surface area contributed by atoms with Gasteiger partial charge in [-0.2, -0.15) is 0 Å². The summed E-state index contributed by atoms with van der Waals surface area (Å²) in [5.41, 5.74) is 2.45. The van der Waals surface area contributed by atoms with Crippen LogP contribution in [0.25, 0.3) is 0 Å². The number of hydrogen-bond acceptors (Lipinski definition) is 9. The summed E-state index contributed by atoms with van der Waals surface area (Å²) in [7, 11) is 3.49. The molecule has 0 aromatic rings. The lowest BCUT2D eigenvalue weighted by Crippen LogP contribution is -2.58. The molecule has 2 bridgehead atoms. The van der Waals surface area contributed by atoms with Gasteiger partial charge in [0.2, 0.25) is 0 Å². The lowest BCUT2D eigenvalue weighted by atomic mass is 9.82. The van der Waals surface area contributed by atoms with Gasteiger partial charge in [0.05, 0.1) is 43.2 Å². The summed E-state index contributed by atoms with van der Waals surface area (Å²) in [5, 5.41) is 44.4. The van der Waals surface area contributed by atoms with Crippen LogP contribution in [0, 0.1) is 29.6 Å². The molecule has 3 fully saturated rings. The van der Waals surface area contributed by atoms with E-state index < -0.39 is 24.1 Å². The summed E-state index contributed by atoms with van der Waals surface area (Å²) < 4.78 is 25.7. The Morgan fingerprint density at radius 3 is 2.31 bits per heavy atom. The first-order chi connectivity index (χ1) is 24.3. The van der Waals surface area contributed by atoms with Crippen molar-refractivity contribution in [1.29, 1.82) is 0 Å². The lowest BCUT2D eigenvalue weighted by molar-refractivity contribution is -0.324. The van der Waals surface area contributed by atoms with Crippen molar-refractivity contribution < 1.29 is 39.4 Å². The standard InChI is InChI=1S/C42H75NO8/c1-9-32-13-15-35(44)31(6)40(29(4)23-33-14-16-36(45)37(46)25-33)50-26-34-12-10-11-18-43(34)19-17-42(47)30(5)24-39(49-8)41(51-42)38(48-7)22-28(3)20-27(2)21-32/h21,23,28,30-41,44-47H,9-20,22,24-26H2,1-8H3. The van der Waals surface area contributed by atoms with Crippen LogP contribution in [0.4, 0.5) is 0 Å². The van der Waals surface area contributed by atoms with Crippen molar-refractivity contribution in [3.8, 4) is 0 Å². The number of allylic oxidation sites excluding steroid dienone is 3. The molecule has 1 saturated carbocycles. The fraction of sp³-hybridized carbons (Fsp3) is 0.905. The average Bonchev–Trinajstić information content (AvgIpc) is 3.10. The highest BCUT2D eigenvalue weighted by atomic mass is 16.7. The SMILES string of the molecule is CCC1C=C(C)CC(C)CC(OC)C2OC(O)(CCN3CCCCC3COC(C(C)=CC3CCC(O)C(O)C3)C(C)C(O)CC1)C(C)CC2OC. The third-order valence-electron chi connectivity index (χ3n) is 13.0. The van der Waals surface area contributed by atoms with Gasteiger partial charge in [-0.25, -0.2) is 0 Å². The number of hydrogen-bond donors (Lipinski definition) is 4. The van der Waals surface area contributed by atoms with Crippen molar-refractivity contribution in [2.45, 2.75) is 180 Å². The van der Waals surface area contributed by atoms with Gasteiger partial charge < -0.3 is 39.4 Å². The van der Waals surface area contributed by atoms with Crippen LogP contribution in [0.15, 0.2) is 23.3 Å². The number of rotatable bonds is 5. The Labute approximate surface area is 310 Å². The number of fused-ring (bicyclic) bond motifs is 3. The number of nitrogens with zero attached hydrogens (tertiary/aromatic N) is 1. The van der Waals surface area contributed by atoms with Crippen molar-refractivity contribution in [1.82, 2.24) is 4.90 Å². The molecule has 3 aliphatic heterocycles. The molecule has 3 heterocycles. The first-order valence-electron chi connectivity index (χ1n) is 20.5. The Balaban J connectivity index is 1.62. The highest BCUT2D eigenvalue weighted by molar-refractivity contribution is 5.11. The molecule has 9 nitrogen and oxygen atoms in total. The third kappa shape index (κ3) is 11.8. The number of aliphatic hydroxyl groups excluding tert-OH is 3. The van der Waals surface area contributed by atoms with E-state index in [1.165, 1.54) is 5.57 Å². The van der Waals surface area contributed by atoms with Gasteiger partial charge in [-0.3, -0.25) is 4.90 Å². The molecular weight excluding hydrogens is 646 g/mol. The Morgan fingerprint density at radius 1 is 0.922 bits per heavy atom. The zero-order chi connectivity index (χ0) is 37.3. The summed E-state index contributed by atoms with van der Waals surface area (Å²) in [4.78, 5) is 2.48. The van der Waals surface area contributed by atoms with Crippen LogP contribution < -0.4 is 0 Å². The summed E-state index contributed by atoms with van der Waals surface area (Å²) in [6.07, 6.45) is 12.6. The highest BCUT2D eigenvalue weighted by Gasteiger charge is 2.49. The van der Waals surface area contributed by atoms with Crippen molar-refractivity contribution in [2.75, 3.05) is 33.9 Å². The molecule has 51 heavy (non-hydrogen) atoms. The molecule has 0 spiro atoms. The molecular formula is C42H75NO8. The van der Waals surface area contributed by atoms with Crippen molar-refractivity contribution in [2.24, 2.45) is 29.6 Å². The van der Waals surface area contributed by atoms with Crippen molar-refractivity contribution >= 4 is 0 Å². The predicted octanol–water partition coefficient (Wildman–Crippen LogP) is 6.41. The molecule has 0 radical (unpaired) electrons. The first-order valence-corrected chi connectivity index (χ1v) is 20.5. The minimum Gasteiger partial charge on any atom is -0.393 e. The van der Waals surface area contributed by atoms with E-state index in [2.05, 4.69) is 58.6 Å². The second-order valence-electron chi connectivity index (χ2n) is 17.2. The molecule has 9 heteroatoms. The maximum atomic E-state index is 12.1. The smallest absolute Gasteiger partial charge is 0.169 e. The largest absolute Gasteiger partial charge is 0.393 e. The lowest BCUT2D eigenvalue weighted by Gasteiger charge is -2.48.